The molecule has 1 aromatic heterocycles. The van der Waals surface area contributed by atoms with E-state index in [-0.39, 0.29) is 17.8 Å². The van der Waals surface area contributed by atoms with Crippen molar-refractivity contribution in [2.24, 2.45) is 0 Å². The third-order valence-corrected chi connectivity index (χ3v) is 6.18. The van der Waals surface area contributed by atoms with Gasteiger partial charge in [-0.25, -0.2) is 4.39 Å². The molecule has 0 spiro atoms. The molecule has 2 aromatic carbocycles. The number of halogens is 1. The van der Waals surface area contributed by atoms with E-state index in [0.717, 1.165) is 29.9 Å². The Hall–Kier alpha value is -3.09. The van der Waals surface area contributed by atoms with Crippen molar-refractivity contribution in [3.8, 4) is 0 Å². The highest BCUT2D eigenvalue weighted by Gasteiger charge is 2.28. The fourth-order valence-electron chi connectivity index (χ4n) is 4.43. The van der Waals surface area contributed by atoms with E-state index < -0.39 is 0 Å². The molecule has 5 nitrogen and oxygen atoms in total. The summed E-state index contributed by atoms with van der Waals surface area (Å²) >= 11 is 0. The summed E-state index contributed by atoms with van der Waals surface area (Å²) in [5.74, 6) is -0.0934. The van der Waals surface area contributed by atoms with Crippen molar-refractivity contribution in [1.82, 2.24) is 14.8 Å². The van der Waals surface area contributed by atoms with E-state index in [1.807, 2.05) is 23.2 Å². The standard InChI is InChI=1S/C26H26FN3O2/c27-23-8-5-19(6-9-23)13-20-7-10-24(28-14-20)25-17-30(11-12-32-25)26(31)18-29-15-21-3-1-2-4-22(21)16-29/h1-10,14,25H,11-13,15-18H2. The number of ether oxygens (including phenoxy) is 1. The molecule has 1 atom stereocenters. The van der Waals surface area contributed by atoms with E-state index in [1.165, 1.54) is 23.3 Å². The van der Waals surface area contributed by atoms with Gasteiger partial charge in [-0.05, 0) is 46.9 Å². The topological polar surface area (TPSA) is 45.7 Å². The van der Waals surface area contributed by atoms with Crippen LogP contribution in [0.25, 0.3) is 0 Å². The van der Waals surface area contributed by atoms with Crippen LogP contribution in [0.3, 0.4) is 0 Å². The number of amides is 1. The Morgan fingerprint density at radius 2 is 1.72 bits per heavy atom. The minimum absolute atomic E-state index is 0.138. The quantitative estimate of drug-likeness (QED) is 0.618. The van der Waals surface area contributed by atoms with Gasteiger partial charge in [0.2, 0.25) is 5.91 Å². The molecule has 1 saturated heterocycles. The summed E-state index contributed by atoms with van der Waals surface area (Å²) in [6, 6.07) is 18.9. The van der Waals surface area contributed by atoms with Crippen LogP contribution < -0.4 is 0 Å². The molecule has 1 fully saturated rings. The number of pyridine rings is 1. The molecular weight excluding hydrogens is 405 g/mol. The highest BCUT2D eigenvalue weighted by Crippen LogP contribution is 2.24. The van der Waals surface area contributed by atoms with Crippen LogP contribution in [0.5, 0.6) is 0 Å². The van der Waals surface area contributed by atoms with E-state index in [1.54, 1.807) is 12.1 Å². The molecule has 0 radical (unpaired) electrons. The SMILES string of the molecule is O=C(CN1Cc2ccccc2C1)N1CCOC(c2ccc(Cc3ccc(F)cc3)cn2)C1. The van der Waals surface area contributed by atoms with Crippen molar-refractivity contribution in [2.75, 3.05) is 26.2 Å². The first-order valence-corrected chi connectivity index (χ1v) is 11.0. The summed E-state index contributed by atoms with van der Waals surface area (Å²) < 4.78 is 19.0. The van der Waals surface area contributed by atoms with Gasteiger partial charge in [0.1, 0.15) is 11.9 Å². The van der Waals surface area contributed by atoms with Crippen LogP contribution in [0.4, 0.5) is 4.39 Å². The lowest BCUT2D eigenvalue weighted by atomic mass is 10.1. The summed E-state index contributed by atoms with van der Waals surface area (Å²) in [7, 11) is 0. The van der Waals surface area contributed by atoms with Crippen LogP contribution >= 0.6 is 0 Å². The maximum atomic E-state index is 13.1. The molecule has 3 aromatic rings. The molecule has 164 valence electrons. The van der Waals surface area contributed by atoms with Crippen LogP contribution in [-0.2, 0) is 29.0 Å². The molecule has 0 aliphatic carbocycles. The Balaban J connectivity index is 1.17. The fourth-order valence-corrected chi connectivity index (χ4v) is 4.43. The normalized spacial score (nSPS) is 18.5. The minimum Gasteiger partial charge on any atom is -0.368 e. The number of hydrogen-bond donors (Lipinski definition) is 0. The Labute approximate surface area is 187 Å². The molecule has 5 rings (SSSR count). The van der Waals surface area contributed by atoms with Crippen molar-refractivity contribution >= 4 is 5.91 Å². The monoisotopic (exact) mass is 431 g/mol. The van der Waals surface area contributed by atoms with Crippen molar-refractivity contribution in [1.29, 1.82) is 0 Å². The summed E-state index contributed by atoms with van der Waals surface area (Å²) in [5, 5.41) is 0. The van der Waals surface area contributed by atoms with Crippen molar-refractivity contribution in [2.45, 2.75) is 25.6 Å². The fraction of sp³-hybridized carbons (Fsp3) is 0.308. The van der Waals surface area contributed by atoms with E-state index in [4.69, 9.17) is 4.74 Å². The maximum absolute atomic E-state index is 13.1. The third-order valence-electron chi connectivity index (χ3n) is 6.18. The zero-order chi connectivity index (χ0) is 21.9. The summed E-state index contributed by atoms with van der Waals surface area (Å²) in [5.41, 5.74) is 5.54. The van der Waals surface area contributed by atoms with Gasteiger partial charge in [-0.2, -0.15) is 0 Å². The molecule has 6 heteroatoms. The van der Waals surface area contributed by atoms with Gasteiger partial charge in [0.15, 0.2) is 0 Å². The molecule has 0 saturated carbocycles. The van der Waals surface area contributed by atoms with Gasteiger partial charge in [0.05, 0.1) is 25.4 Å². The highest BCUT2D eigenvalue weighted by atomic mass is 19.1. The number of rotatable bonds is 5. The van der Waals surface area contributed by atoms with Crippen molar-refractivity contribution in [3.63, 3.8) is 0 Å². The van der Waals surface area contributed by atoms with Crippen molar-refractivity contribution < 1.29 is 13.9 Å². The van der Waals surface area contributed by atoms with Gasteiger partial charge in [0.25, 0.3) is 0 Å². The summed E-state index contributed by atoms with van der Waals surface area (Å²) in [6.07, 6.45) is 2.31. The third kappa shape index (κ3) is 4.71. The Morgan fingerprint density at radius 1 is 1.00 bits per heavy atom. The number of carbonyl (C=O) groups is 1. The zero-order valence-corrected chi connectivity index (χ0v) is 17.9. The number of morpholine rings is 1. The number of nitrogens with zero attached hydrogens (tertiary/aromatic N) is 3. The minimum atomic E-state index is -0.231. The smallest absolute Gasteiger partial charge is 0.236 e. The Kier molecular flexibility index (Phi) is 5.97. The number of hydrogen-bond acceptors (Lipinski definition) is 4. The molecule has 32 heavy (non-hydrogen) atoms. The molecule has 0 bridgehead atoms. The van der Waals surface area contributed by atoms with Crippen LogP contribution in [-0.4, -0.2) is 46.9 Å². The number of fused-ring (bicyclic) bond motifs is 1. The first-order valence-electron chi connectivity index (χ1n) is 11.0. The lowest BCUT2D eigenvalue weighted by Gasteiger charge is -2.33. The molecule has 1 amide bonds. The van der Waals surface area contributed by atoms with Gasteiger partial charge < -0.3 is 9.64 Å². The van der Waals surface area contributed by atoms with Gasteiger partial charge in [-0.3, -0.25) is 14.7 Å². The van der Waals surface area contributed by atoms with E-state index in [0.29, 0.717) is 32.7 Å². The van der Waals surface area contributed by atoms with Gasteiger partial charge in [0, 0.05) is 25.8 Å². The van der Waals surface area contributed by atoms with E-state index in [2.05, 4.69) is 34.1 Å². The largest absolute Gasteiger partial charge is 0.368 e. The van der Waals surface area contributed by atoms with Crippen LogP contribution in [0.15, 0.2) is 66.9 Å². The van der Waals surface area contributed by atoms with E-state index in [9.17, 15) is 9.18 Å². The van der Waals surface area contributed by atoms with Crippen LogP contribution in [0, 0.1) is 5.82 Å². The number of benzene rings is 2. The van der Waals surface area contributed by atoms with Crippen LogP contribution in [0.1, 0.15) is 34.1 Å². The van der Waals surface area contributed by atoms with E-state index >= 15 is 0 Å². The lowest BCUT2D eigenvalue weighted by molar-refractivity contribution is -0.140. The average Bonchev–Trinajstić information content (AvgIpc) is 3.23. The predicted molar refractivity (Wildman–Crippen MR) is 119 cm³/mol. The molecular formula is C26H26FN3O2. The Morgan fingerprint density at radius 3 is 2.41 bits per heavy atom. The second kappa shape index (κ2) is 9.18. The van der Waals surface area contributed by atoms with Crippen LogP contribution in [0.2, 0.25) is 0 Å². The molecule has 0 N–H and O–H groups in total. The Bertz CT molecular complexity index is 1060. The predicted octanol–water partition coefficient (Wildman–Crippen LogP) is 3.73. The summed E-state index contributed by atoms with van der Waals surface area (Å²) in [4.78, 5) is 21.6. The zero-order valence-electron chi connectivity index (χ0n) is 17.9. The van der Waals surface area contributed by atoms with Gasteiger partial charge in [-0.1, -0.05) is 42.5 Å². The average molecular weight is 432 g/mol. The molecule has 2 aliphatic heterocycles. The van der Waals surface area contributed by atoms with Gasteiger partial charge >= 0.3 is 0 Å². The lowest BCUT2D eigenvalue weighted by Crippen LogP contribution is -2.46. The first-order chi connectivity index (χ1) is 15.6. The molecule has 3 heterocycles. The number of carbonyl (C=O) groups excluding carboxylic acids is 1. The highest BCUT2D eigenvalue weighted by molar-refractivity contribution is 5.78. The molecule has 2 aliphatic rings. The number of aromatic nitrogens is 1. The second-order valence-electron chi connectivity index (χ2n) is 8.51. The maximum Gasteiger partial charge on any atom is 0.236 e. The van der Waals surface area contributed by atoms with Crippen molar-refractivity contribution in [3.05, 3.63) is 101 Å². The summed E-state index contributed by atoms with van der Waals surface area (Å²) in [6.45, 7) is 3.71. The van der Waals surface area contributed by atoms with Gasteiger partial charge in [-0.15, -0.1) is 0 Å². The first kappa shape index (κ1) is 20.8. The second-order valence-corrected chi connectivity index (χ2v) is 8.51. The molecule has 1 unspecified atom stereocenters.